The Morgan fingerprint density at radius 1 is 0.864 bits per heavy atom. The van der Waals surface area contributed by atoms with Gasteiger partial charge in [0.25, 0.3) is 5.91 Å². The fourth-order valence-corrected chi connectivity index (χ4v) is 4.71. The molecule has 44 heavy (non-hydrogen) atoms. The smallest absolute Gasteiger partial charge is 0.319 e. The van der Waals surface area contributed by atoms with Crippen molar-refractivity contribution in [3.05, 3.63) is 88.5 Å². The first kappa shape index (κ1) is 33.6. The van der Waals surface area contributed by atoms with Crippen LogP contribution in [-0.2, 0) is 25.5 Å². The van der Waals surface area contributed by atoms with Crippen molar-refractivity contribution in [3.8, 4) is 5.75 Å². The van der Waals surface area contributed by atoms with E-state index in [1.807, 2.05) is 58.9 Å². The Morgan fingerprint density at radius 3 is 2.34 bits per heavy atom. The Morgan fingerprint density at radius 2 is 1.61 bits per heavy atom. The number of benzene rings is 3. The summed E-state index contributed by atoms with van der Waals surface area (Å²) >= 11 is 0. The predicted molar refractivity (Wildman–Crippen MR) is 171 cm³/mol. The number of carbonyl (C=O) groups is 4. The van der Waals surface area contributed by atoms with Gasteiger partial charge in [0.1, 0.15) is 5.75 Å². The molecule has 0 bridgehead atoms. The summed E-state index contributed by atoms with van der Waals surface area (Å²) in [5.41, 5.74) is 5.79. The highest BCUT2D eigenvalue weighted by Crippen LogP contribution is 2.30. The molecule has 4 amide bonds. The zero-order chi connectivity index (χ0) is 32.2. The summed E-state index contributed by atoms with van der Waals surface area (Å²) < 4.78 is 10.6. The first-order valence-electron chi connectivity index (χ1n) is 14.5. The molecule has 0 aliphatic heterocycles. The molecule has 10 heteroatoms. The largest absolute Gasteiger partial charge is 0.483 e. The van der Waals surface area contributed by atoms with Gasteiger partial charge in [-0.05, 0) is 79.6 Å². The van der Waals surface area contributed by atoms with Crippen molar-refractivity contribution in [2.75, 3.05) is 30.9 Å². The number of methoxy groups -OCH3 is 1. The highest BCUT2D eigenvalue weighted by molar-refractivity contribution is 5.93. The van der Waals surface area contributed by atoms with Gasteiger partial charge in [0.2, 0.25) is 5.91 Å². The molecular weight excluding hydrogens is 560 g/mol. The minimum absolute atomic E-state index is 0.0786. The summed E-state index contributed by atoms with van der Waals surface area (Å²) in [6, 6.07) is 17.1. The SMILES string of the molecule is COC(=O)Cc1cccc(NC(=O)NCC(=O)NC(CC(C)C)c2ccccc2OCC(=O)Nc2cc(C)cc(C)c2C)c1. The maximum absolute atomic E-state index is 12.9. The number of nitrogens with one attached hydrogen (secondary N) is 4. The van der Waals surface area contributed by atoms with E-state index in [-0.39, 0.29) is 43.3 Å². The van der Waals surface area contributed by atoms with Crippen LogP contribution in [0.3, 0.4) is 0 Å². The lowest BCUT2D eigenvalue weighted by atomic mass is 9.96. The first-order chi connectivity index (χ1) is 20.9. The minimum atomic E-state index is -0.565. The molecule has 0 saturated carbocycles. The van der Waals surface area contributed by atoms with Gasteiger partial charge in [-0.2, -0.15) is 0 Å². The molecule has 0 heterocycles. The lowest BCUT2D eigenvalue weighted by Gasteiger charge is -2.24. The van der Waals surface area contributed by atoms with Gasteiger partial charge in [0, 0.05) is 16.9 Å². The third kappa shape index (κ3) is 10.4. The highest BCUT2D eigenvalue weighted by Gasteiger charge is 2.21. The van der Waals surface area contributed by atoms with Gasteiger partial charge in [-0.15, -0.1) is 0 Å². The fourth-order valence-electron chi connectivity index (χ4n) is 4.71. The number of carbonyl (C=O) groups excluding carboxylic acids is 4. The second kappa shape index (κ2) is 16.1. The monoisotopic (exact) mass is 602 g/mol. The summed E-state index contributed by atoms with van der Waals surface area (Å²) in [7, 11) is 1.31. The van der Waals surface area contributed by atoms with Crippen LogP contribution in [0.5, 0.6) is 5.75 Å². The van der Waals surface area contributed by atoms with E-state index in [1.54, 1.807) is 30.3 Å². The van der Waals surface area contributed by atoms with Crippen LogP contribution in [0.2, 0.25) is 0 Å². The average Bonchev–Trinajstić information content (AvgIpc) is 2.97. The number of hydrogen-bond donors (Lipinski definition) is 4. The van der Waals surface area contributed by atoms with E-state index in [2.05, 4.69) is 32.1 Å². The van der Waals surface area contributed by atoms with E-state index in [0.29, 0.717) is 23.4 Å². The maximum atomic E-state index is 12.9. The molecule has 0 fully saturated rings. The molecule has 0 aromatic heterocycles. The predicted octanol–water partition coefficient (Wildman–Crippen LogP) is 5.37. The third-order valence-electron chi connectivity index (χ3n) is 6.95. The zero-order valence-electron chi connectivity index (χ0n) is 26.2. The first-order valence-corrected chi connectivity index (χ1v) is 14.5. The van der Waals surface area contributed by atoms with Crippen LogP contribution < -0.4 is 26.0 Å². The highest BCUT2D eigenvalue weighted by atomic mass is 16.5. The molecule has 3 aromatic carbocycles. The number of ether oxygens (including phenoxy) is 2. The summed E-state index contributed by atoms with van der Waals surface area (Å²) in [5.74, 6) is -0.339. The molecule has 3 aromatic rings. The molecule has 1 unspecified atom stereocenters. The van der Waals surface area contributed by atoms with Crippen molar-refractivity contribution >= 4 is 35.2 Å². The molecule has 0 radical (unpaired) electrons. The zero-order valence-corrected chi connectivity index (χ0v) is 26.2. The van der Waals surface area contributed by atoms with Gasteiger partial charge in [-0.1, -0.05) is 50.2 Å². The van der Waals surface area contributed by atoms with Crippen LogP contribution in [0, 0.1) is 26.7 Å². The van der Waals surface area contributed by atoms with Crippen molar-refractivity contribution in [2.45, 2.75) is 53.5 Å². The molecule has 0 saturated heterocycles. The number of urea groups is 1. The van der Waals surface area contributed by atoms with E-state index in [4.69, 9.17) is 4.74 Å². The Kier molecular flexibility index (Phi) is 12.3. The van der Waals surface area contributed by atoms with E-state index >= 15 is 0 Å². The summed E-state index contributed by atoms with van der Waals surface area (Å²) in [5, 5.41) is 11.2. The number of esters is 1. The fraction of sp³-hybridized carbons (Fsp3) is 0.353. The number of amides is 4. The maximum Gasteiger partial charge on any atom is 0.319 e. The van der Waals surface area contributed by atoms with E-state index in [9.17, 15) is 19.2 Å². The summed E-state index contributed by atoms with van der Waals surface area (Å²) in [6.45, 7) is 9.57. The number of aryl methyl sites for hydroxylation is 2. The average molecular weight is 603 g/mol. The second-order valence-corrected chi connectivity index (χ2v) is 11.1. The van der Waals surface area contributed by atoms with Crippen molar-refractivity contribution in [2.24, 2.45) is 5.92 Å². The lowest BCUT2D eigenvalue weighted by Crippen LogP contribution is -2.40. The second-order valence-electron chi connectivity index (χ2n) is 11.1. The molecule has 0 spiro atoms. The molecule has 3 rings (SSSR count). The van der Waals surface area contributed by atoms with E-state index in [1.165, 1.54) is 7.11 Å². The topological polar surface area (TPSA) is 135 Å². The number of anilines is 2. The van der Waals surface area contributed by atoms with Gasteiger partial charge in [0.05, 0.1) is 26.1 Å². The van der Waals surface area contributed by atoms with Crippen LogP contribution in [-0.4, -0.2) is 44.1 Å². The summed E-state index contributed by atoms with van der Waals surface area (Å²) in [4.78, 5) is 49.7. The van der Waals surface area contributed by atoms with Gasteiger partial charge in [-0.3, -0.25) is 14.4 Å². The van der Waals surface area contributed by atoms with Crippen LogP contribution in [0.25, 0.3) is 0 Å². The Hall–Kier alpha value is -4.86. The normalized spacial score (nSPS) is 11.3. The van der Waals surface area contributed by atoms with Gasteiger partial charge < -0.3 is 30.7 Å². The van der Waals surface area contributed by atoms with Crippen LogP contribution in [0.15, 0.2) is 60.7 Å². The van der Waals surface area contributed by atoms with E-state index < -0.39 is 12.1 Å². The molecule has 10 nitrogen and oxygen atoms in total. The van der Waals surface area contributed by atoms with Gasteiger partial charge in [-0.25, -0.2) is 4.79 Å². The molecule has 4 N–H and O–H groups in total. The van der Waals surface area contributed by atoms with E-state index in [0.717, 1.165) is 27.9 Å². The van der Waals surface area contributed by atoms with Crippen LogP contribution in [0.1, 0.15) is 54.1 Å². The molecule has 234 valence electrons. The van der Waals surface area contributed by atoms with Crippen molar-refractivity contribution < 1.29 is 28.7 Å². The quantitative estimate of drug-likeness (QED) is 0.194. The van der Waals surface area contributed by atoms with Crippen molar-refractivity contribution in [1.82, 2.24) is 10.6 Å². The third-order valence-corrected chi connectivity index (χ3v) is 6.95. The Balaban J connectivity index is 1.60. The molecular formula is C34H42N4O6. The Bertz CT molecular complexity index is 1490. The van der Waals surface area contributed by atoms with Crippen molar-refractivity contribution in [3.63, 3.8) is 0 Å². The van der Waals surface area contributed by atoms with Crippen molar-refractivity contribution in [1.29, 1.82) is 0 Å². The Labute approximate surface area is 258 Å². The molecule has 0 aliphatic carbocycles. The number of hydrogen-bond acceptors (Lipinski definition) is 6. The summed E-state index contributed by atoms with van der Waals surface area (Å²) in [6.07, 6.45) is 0.689. The standard InChI is InChI=1S/C34H42N4O6/c1-21(2)14-29(38-31(39)19-35-34(42)36-26-11-9-10-25(17-26)18-33(41)43-6)27-12-7-8-13-30(27)44-20-32(40)37-28-16-22(3)15-23(4)24(28)5/h7-13,15-17,21,29H,14,18-20H2,1-6H3,(H,37,40)(H,38,39)(H2,35,36,42). The molecule has 1 atom stereocenters. The van der Waals surface area contributed by atoms with Crippen LogP contribution in [0.4, 0.5) is 16.2 Å². The van der Waals surface area contributed by atoms with Gasteiger partial charge >= 0.3 is 12.0 Å². The number of para-hydroxylation sites is 1. The molecule has 0 aliphatic rings. The van der Waals surface area contributed by atoms with Gasteiger partial charge in [0.15, 0.2) is 6.61 Å². The minimum Gasteiger partial charge on any atom is -0.483 e. The number of rotatable bonds is 13. The lowest BCUT2D eigenvalue weighted by molar-refractivity contribution is -0.139. The van der Waals surface area contributed by atoms with Crippen LogP contribution >= 0.6 is 0 Å².